The van der Waals surface area contributed by atoms with E-state index < -0.39 is 0 Å². The molecule has 84 valence electrons. The number of hydrazine groups is 1. The molecule has 0 bridgehead atoms. The molecule has 0 saturated heterocycles. The van der Waals surface area contributed by atoms with Crippen molar-refractivity contribution < 1.29 is 0 Å². The van der Waals surface area contributed by atoms with Crippen LogP contribution in [0.4, 0.5) is 0 Å². The third kappa shape index (κ3) is 3.76. The molecule has 0 spiro atoms. The summed E-state index contributed by atoms with van der Waals surface area (Å²) in [5, 5.41) is 0.752. The average Bonchev–Trinajstić information content (AvgIpc) is 2.18. The highest BCUT2D eigenvalue weighted by atomic mass is 79.9. The molecule has 15 heavy (non-hydrogen) atoms. The SMILES string of the molecule is CC(C)CC(NN)c1cc(Br)ccc1Cl. The normalized spacial score (nSPS) is 13.2. The molecule has 0 amide bonds. The van der Waals surface area contributed by atoms with Crippen LogP contribution in [0, 0.1) is 5.92 Å². The summed E-state index contributed by atoms with van der Waals surface area (Å²) in [6, 6.07) is 5.92. The number of hydrogen-bond donors (Lipinski definition) is 2. The van der Waals surface area contributed by atoms with Gasteiger partial charge in [0.15, 0.2) is 0 Å². The van der Waals surface area contributed by atoms with Crippen molar-refractivity contribution in [2.24, 2.45) is 11.8 Å². The van der Waals surface area contributed by atoms with E-state index in [2.05, 4.69) is 35.2 Å². The summed E-state index contributed by atoms with van der Waals surface area (Å²) >= 11 is 9.57. The second kappa shape index (κ2) is 5.85. The van der Waals surface area contributed by atoms with Gasteiger partial charge in [0.05, 0.1) is 0 Å². The monoisotopic (exact) mass is 290 g/mol. The Morgan fingerprint density at radius 3 is 2.67 bits per heavy atom. The van der Waals surface area contributed by atoms with Crippen molar-refractivity contribution in [1.29, 1.82) is 0 Å². The van der Waals surface area contributed by atoms with Gasteiger partial charge in [0, 0.05) is 15.5 Å². The van der Waals surface area contributed by atoms with Crippen molar-refractivity contribution >= 4 is 27.5 Å². The minimum atomic E-state index is 0.106. The fourth-order valence-corrected chi connectivity index (χ4v) is 2.17. The molecule has 0 saturated carbocycles. The summed E-state index contributed by atoms with van der Waals surface area (Å²) in [7, 11) is 0. The van der Waals surface area contributed by atoms with Gasteiger partial charge in [0.1, 0.15) is 0 Å². The molecule has 0 aliphatic carbocycles. The summed E-state index contributed by atoms with van der Waals surface area (Å²) in [6.45, 7) is 4.33. The van der Waals surface area contributed by atoms with Crippen LogP contribution in [0.2, 0.25) is 5.02 Å². The second-order valence-corrected chi connectivity index (χ2v) is 5.34. The van der Waals surface area contributed by atoms with Crippen molar-refractivity contribution in [3.63, 3.8) is 0 Å². The van der Waals surface area contributed by atoms with Gasteiger partial charge >= 0.3 is 0 Å². The van der Waals surface area contributed by atoms with Crippen LogP contribution in [0.5, 0.6) is 0 Å². The lowest BCUT2D eigenvalue weighted by Crippen LogP contribution is -2.29. The molecule has 1 aromatic rings. The lowest BCUT2D eigenvalue weighted by atomic mass is 9.97. The number of nitrogens with one attached hydrogen (secondary N) is 1. The van der Waals surface area contributed by atoms with Gasteiger partial charge in [-0.1, -0.05) is 41.4 Å². The molecule has 1 aromatic carbocycles. The number of benzene rings is 1. The second-order valence-electron chi connectivity index (χ2n) is 4.01. The van der Waals surface area contributed by atoms with E-state index in [1.165, 1.54) is 0 Å². The molecule has 3 N–H and O–H groups in total. The van der Waals surface area contributed by atoms with Gasteiger partial charge in [0.25, 0.3) is 0 Å². The zero-order chi connectivity index (χ0) is 11.4. The van der Waals surface area contributed by atoms with Gasteiger partial charge in [0.2, 0.25) is 0 Å². The topological polar surface area (TPSA) is 38.0 Å². The van der Waals surface area contributed by atoms with Gasteiger partial charge in [-0.15, -0.1) is 0 Å². The molecule has 0 aliphatic rings. The molecule has 0 radical (unpaired) electrons. The predicted octanol–water partition coefficient (Wildman–Crippen LogP) is 3.65. The van der Waals surface area contributed by atoms with E-state index in [0.29, 0.717) is 5.92 Å². The van der Waals surface area contributed by atoms with Crippen LogP contribution >= 0.6 is 27.5 Å². The van der Waals surface area contributed by atoms with E-state index in [1.54, 1.807) is 0 Å². The molecular formula is C11H16BrClN2. The highest BCUT2D eigenvalue weighted by Crippen LogP contribution is 2.29. The van der Waals surface area contributed by atoms with Crippen molar-refractivity contribution in [3.8, 4) is 0 Å². The summed E-state index contributed by atoms with van der Waals surface area (Å²) in [6.07, 6.45) is 0.965. The highest BCUT2D eigenvalue weighted by Gasteiger charge is 2.14. The Hall–Kier alpha value is -0.0900. The molecule has 1 unspecified atom stereocenters. The predicted molar refractivity (Wildman–Crippen MR) is 68.7 cm³/mol. The van der Waals surface area contributed by atoms with Crippen molar-refractivity contribution in [2.45, 2.75) is 26.3 Å². The molecule has 1 atom stereocenters. The van der Waals surface area contributed by atoms with E-state index in [0.717, 1.165) is 21.5 Å². The lowest BCUT2D eigenvalue weighted by Gasteiger charge is -2.19. The van der Waals surface area contributed by atoms with Gasteiger partial charge in [-0.05, 0) is 36.1 Å². The smallest absolute Gasteiger partial charge is 0.0477 e. The average molecular weight is 292 g/mol. The number of nitrogens with two attached hydrogens (primary N) is 1. The molecule has 0 fully saturated rings. The van der Waals surface area contributed by atoms with Crippen molar-refractivity contribution in [1.82, 2.24) is 5.43 Å². The van der Waals surface area contributed by atoms with E-state index in [-0.39, 0.29) is 6.04 Å². The lowest BCUT2D eigenvalue weighted by molar-refractivity contribution is 0.438. The quantitative estimate of drug-likeness (QED) is 0.656. The van der Waals surface area contributed by atoms with E-state index >= 15 is 0 Å². The summed E-state index contributed by atoms with van der Waals surface area (Å²) in [5.41, 5.74) is 3.86. The largest absolute Gasteiger partial charge is 0.271 e. The van der Waals surface area contributed by atoms with Crippen LogP contribution in [0.25, 0.3) is 0 Å². The Labute approximate surface area is 104 Å². The molecule has 1 rings (SSSR count). The molecular weight excluding hydrogens is 275 g/mol. The highest BCUT2D eigenvalue weighted by molar-refractivity contribution is 9.10. The maximum Gasteiger partial charge on any atom is 0.0477 e. The first-order valence-electron chi connectivity index (χ1n) is 4.95. The summed E-state index contributed by atoms with van der Waals surface area (Å²) < 4.78 is 1.02. The zero-order valence-electron chi connectivity index (χ0n) is 8.93. The first-order valence-corrected chi connectivity index (χ1v) is 6.12. The van der Waals surface area contributed by atoms with E-state index in [4.69, 9.17) is 17.4 Å². The van der Waals surface area contributed by atoms with Gasteiger partial charge < -0.3 is 0 Å². The fraction of sp³-hybridized carbons (Fsp3) is 0.455. The maximum absolute atomic E-state index is 6.14. The summed E-state index contributed by atoms with van der Waals surface area (Å²) in [5.74, 6) is 6.12. The van der Waals surface area contributed by atoms with Crippen LogP contribution in [-0.4, -0.2) is 0 Å². The van der Waals surface area contributed by atoms with Gasteiger partial charge in [-0.2, -0.15) is 0 Å². The molecule has 0 aromatic heterocycles. The van der Waals surface area contributed by atoms with Crippen LogP contribution < -0.4 is 11.3 Å². The fourth-order valence-electron chi connectivity index (χ4n) is 1.54. The van der Waals surface area contributed by atoms with Crippen molar-refractivity contribution in [2.75, 3.05) is 0 Å². The maximum atomic E-state index is 6.14. The third-order valence-electron chi connectivity index (χ3n) is 2.24. The molecule has 2 nitrogen and oxygen atoms in total. The minimum absolute atomic E-state index is 0.106. The molecule has 0 aliphatic heterocycles. The van der Waals surface area contributed by atoms with E-state index in [1.807, 2.05) is 18.2 Å². The van der Waals surface area contributed by atoms with Crippen LogP contribution in [0.1, 0.15) is 31.9 Å². The number of hydrogen-bond acceptors (Lipinski definition) is 2. The van der Waals surface area contributed by atoms with Gasteiger partial charge in [-0.3, -0.25) is 11.3 Å². The Bertz CT molecular complexity index is 328. The van der Waals surface area contributed by atoms with Crippen molar-refractivity contribution in [3.05, 3.63) is 33.3 Å². The first-order chi connectivity index (χ1) is 7.04. The molecule has 0 heterocycles. The molecule has 4 heteroatoms. The Balaban J connectivity index is 2.95. The number of halogens is 2. The Kier molecular flexibility index (Phi) is 5.06. The number of rotatable bonds is 4. The Morgan fingerprint density at radius 2 is 2.13 bits per heavy atom. The van der Waals surface area contributed by atoms with Gasteiger partial charge in [-0.25, -0.2) is 0 Å². The third-order valence-corrected chi connectivity index (χ3v) is 3.08. The standard InChI is InChI=1S/C11H16BrClN2/c1-7(2)5-11(15-14)9-6-8(12)3-4-10(9)13/h3-4,6-7,11,15H,5,14H2,1-2H3. The first kappa shape index (κ1) is 13.0. The van der Waals surface area contributed by atoms with Crippen LogP contribution in [-0.2, 0) is 0 Å². The summed E-state index contributed by atoms with van der Waals surface area (Å²) in [4.78, 5) is 0. The zero-order valence-corrected chi connectivity index (χ0v) is 11.3. The van der Waals surface area contributed by atoms with Crippen LogP contribution in [0.3, 0.4) is 0 Å². The van der Waals surface area contributed by atoms with E-state index in [9.17, 15) is 0 Å². The Morgan fingerprint density at radius 1 is 1.47 bits per heavy atom. The minimum Gasteiger partial charge on any atom is -0.271 e. The van der Waals surface area contributed by atoms with Crippen LogP contribution in [0.15, 0.2) is 22.7 Å².